The van der Waals surface area contributed by atoms with Gasteiger partial charge in [0.05, 0.1) is 23.8 Å². The molecule has 2 aromatic carbocycles. The molecule has 0 aliphatic carbocycles. The highest BCUT2D eigenvalue weighted by molar-refractivity contribution is 5.86. The van der Waals surface area contributed by atoms with Gasteiger partial charge in [0.2, 0.25) is 5.91 Å². The smallest absolute Gasteiger partial charge is 0.416 e. The molecule has 2 aliphatic heterocycles. The molecule has 2 saturated heterocycles. The van der Waals surface area contributed by atoms with Gasteiger partial charge in [-0.1, -0.05) is 30.3 Å². The monoisotopic (exact) mass is 614 g/mol. The summed E-state index contributed by atoms with van der Waals surface area (Å²) >= 11 is 0. The number of amides is 2. The van der Waals surface area contributed by atoms with Gasteiger partial charge in [0.15, 0.2) is 0 Å². The third kappa shape index (κ3) is 8.43. The number of carbonyl (C=O) groups is 2. The van der Waals surface area contributed by atoms with Crippen LogP contribution in [0.15, 0.2) is 48.5 Å². The number of rotatable bonds is 5. The lowest BCUT2D eigenvalue weighted by molar-refractivity contribution is -0.143. The van der Waals surface area contributed by atoms with Crippen LogP contribution < -0.4 is 0 Å². The second-order valence-electron chi connectivity index (χ2n) is 12.0. The number of halogens is 6. The largest absolute Gasteiger partial charge is 0.444 e. The summed E-state index contributed by atoms with van der Waals surface area (Å²) in [6.45, 7) is 5.65. The van der Waals surface area contributed by atoms with Crippen molar-refractivity contribution in [3.05, 3.63) is 70.8 Å². The minimum atomic E-state index is -4.96. The normalized spacial score (nSPS) is 21.9. The molecule has 0 bridgehead atoms. The zero-order valence-electron chi connectivity index (χ0n) is 24.3. The number of benzene rings is 2. The molecule has 0 aromatic heterocycles. The standard InChI is InChI=1S/C31H36F6N2O4/c1-29(2,3)43-28(41)39-13-8-7-11-25(39)27(40)38-14-12-26(24(18-38)21-9-5-4-6-10-21)42-19-20-15-22(30(32,33)34)17-23(16-20)31(35,36)37/h4-6,9-10,15-17,24-26H,7-8,11-14,18-19H2,1-3H3. The van der Waals surface area contributed by atoms with Crippen molar-refractivity contribution in [3.8, 4) is 0 Å². The van der Waals surface area contributed by atoms with Crippen molar-refractivity contribution in [2.45, 2.75) is 89.1 Å². The second-order valence-corrected chi connectivity index (χ2v) is 12.0. The molecular formula is C31H36F6N2O4. The molecule has 12 heteroatoms. The van der Waals surface area contributed by atoms with E-state index in [4.69, 9.17) is 9.47 Å². The lowest BCUT2D eigenvalue weighted by atomic mass is 9.87. The number of hydrogen-bond donors (Lipinski definition) is 0. The summed E-state index contributed by atoms with van der Waals surface area (Å²) in [5.74, 6) is -0.622. The zero-order chi connectivity index (χ0) is 31.6. The van der Waals surface area contributed by atoms with Crippen molar-refractivity contribution < 1.29 is 45.4 Å². The molecule has 2 amide bonds. The van der Waals surface area contributed by atoms with Gasteiger partial charge in [-0.3, -0.25) is 9.69 Å². The molecule has 6 nitrogen and oxygen atoms in total. The first kappa shape index (κ1) is 32.6. The first-order valence-electron chi connectivity index (χ1n) is 14.3. The van der Waals surface area contributed by atoms with Gasteiger partial charge in [-0.05, 0) is 75.8 Å². The Labute approximate surface area is 246 Å². The number of ether oxygens (including phenoxy) is 2. The molecule has 2 aliphatic rings. The second kappa shape index (κ2) is 12.8. The summed E-state index contributed by atoms with van der Waals surface area (Å²) in [5, 5.41) is 0. The quantitative estimate of drug-likeness (QED) is 0.329. The number of carbonyl (C=O) groups excluding carboxylic acids is 2. The zero-order valence-corrected chi connectivity index (χ0v) is 24.3. The fourth-order valence-corrected chi connectivity index (χ4v) is 5.59. The minimum absolute atomic E-state index is 0.0895. The summed E-state index contributed by atoms with van der Waals surface area (Å²) in [4.78, 5) is 29.8. The highest BCUT2D eigenvalue weighted by Crippen LogP contribution is 2.37. The van der Waals surface area contributed by atoms with E-state index in [2.05, 4.69) is 0 Å². The van der Waals surface area contributed by atoms with Crippen molar-refractivity contribution in [1.29, 1.82) is 0 Å². The summed E-state index contributed by atoms with van der Waals surface area (Å²) in [6, 6.07) is 9.84. The van der Waals surface area contributed by atoms with E-state index in [-0.39, 0.29) is 30.6 Å². The molecule has 0 N–H and O–H groups in total. The van der Waals surface area contributed by atoms with Gasteiger partial charge in [-0.15, -0.1) is 0 Å². The molecular weight excluding hydrogens is 578 g/mol. The van der Waals surface area contributed by atoms with Gasteiger partial charge in [0.1, 0.15) is 11.6 Å². The SMILES string of the molecule is CC(C)(C)OC(=O)N1CCCCC1C(=O)N1CCC(OCc2cc(C(F)(F)F)cc(C(F)(F)F)c2)C(c2ccccc2)C1. The van der Waals surface area contributed by atoms with Crippen LogP contribution in [0.4, 0.5) is 31.1 Å². The Balaban J connectivity index is 1.53. The fourth-order valence-electron chi connectivity index (χ4n) is 5.59. The molecule has 2 heterocycles. The van der Waals surface area contributed by atoms with Crippen LogP contribution in [-0.2, 0) is 33.2 Å². The Morgan fingerprint density at radius 2 is 1.49 bits per heavy atom. The van der Waals surface area contributed by atoms with E-state index in [0.717, 1.165) is 18.4 Å². The minimum Gasteiger partial charge on any atom is -0.444 e. The Hall–Kier alpha value is -3.28. The number of hydrogen-bond acceptors (Lipinski definition) is 4. The molecule has 3 unspecified atom stereocenters. The summed E-state index contributed by atoms with van der Waals surface area (Å²) < 4.78 is 91.7. The molecule has 0 radical (unpaired) electrons. The van der Waals surface area contributed by atoms with Crippen molar-refractivity contribution in [1.82, 2.24) is 9.80 Å². The van der Waals surface area contributed by atoms with Crippen molar-refractivity contribution >= 4 is 12.0 Å². The molecule has 43 heavy (non-hydrogen) atoms. The van der Waals surface area contributed by atoms with E-state index in [1.807, 2.05) is 18.2 Å². The first-order valence-corrected chi connectivity index (χ1v) is 14.3. The Morgan fingerprint density at radius 1 is 0.860 bits per heavy atom. The van der Waals surface area contributed by atoms with E-state index in [1.54, 1.807) is 37.8 Å². The van der Waals surface area contributed by atoms with Crippen molar-refractivity contribution in [2.75, 3.05) is 19.6 Å². The van der Waals surface area contributed by atoms with Gasteiger partial charge >= 0.3 is 18.4 Å². The molecule has 2 fully saturated rings. The van der Waals surface area contributed by atoms with Crippen LogP contribution in [0, 0.1) is 0 Å². The fraction of sp³-hybridized carbons (Fsp3) is 0.548. The van der Waals surface area contributed by atoms with E-state index in [0.29, 0.717) is 31.5 Å². The summed E-state index contributed by atoms with van der Waals surface area (Å²) in [7, 11) is 0. The average Bonchev–Trinajstić information content (AvgIpc) is 2.94. The number of alkyl halides is 6. The lowest BCUT2D eigenvalue weighted by Gasteiger charge is -2.43. The van der Waals surface area contributed by atoms with Gasteiger partial charge < -0.3 is 14.4 Å². The van der Waals surface area contributed by atoms with Gasteiger partial charge in [0, 0.05) is 25.6 Å². The highest BCUT2D eigenvalue weighted by atomic mass is 19.4. The van der Waals surface area contributed by atoms with E-state index in [1.165, 1.54) is 4.90 Å². The molecule has 4 rings (SSSR count). The predicted octanol–water partition coefficient (Wildman–Crippen LogP) is 7.42. The van der Waals surface area contributed by atoms with E-state index in [9.17, 15) is 35.9 Å². The van der Waals surface area contributed by atoms with Crippen LogP contribution in [0.3, 0.4) is 0 Å². The maximum absolute atomic E-state index is 13.8. The number of nitrogens with zero attached hydrogens (tertiary/aromatic N) is 2. The van der Waals surface area contributed by atoms with E-state index >= 15 is 0 Å². The maximum atomic E-state index is 13.8. The van der Waals surface area contributed by atoms with Crippen LogP contribution in [0.25, 0.3) is 0 Å². The Kier molecular flexibility index (Phi) is 9.68. The summed E-state index contributed by atoms with van der Waals surface area (Å²) in [5.41, 5.74) is -2.96. The molecule has 0 spiro atoms. The van der Waals surface area contributed by atoms with Gasteiger partial charge in [-0.25, -0.2) is 4.79 Å². The highest BCUT2D eigenvalue weighted by Gasteiger charge is 2.41. The Morgan fingerprint density at radius 3 is 2.07 bits per heavy atom. The summed E-state index contributed by atoms with van der Waals surface area (Å²) in [6.07, 6.45) is -8.74. The van der Waals surface area contributed by atoms with Crippen molar-refractivity contribution in [3.63, 3.8) is 0 Å². The lowest BCUT2D eigenvalue weighted by Crippen LogP contribution is -2.56. The van der Waals surface area contributed by atoms with Crippen LogP contribution in [0.5, 0.6) is 0 Å². The first-order chi connectivity index (χ1) is 20.0. The number of likely N-dealkylation sites (tertiary alicyclic amines) is 2. The molecule has 236 valence electrons. The topological polar surface area (TPSA) is 59.1 Å². The van der Waals surface area contributed by atoms with Gasteiger partial charge in [0.25, 0.3) is 0 Å². The third-order valence-electron chi connectivity index (χ3n) is 7.62. The Bertz CT molecular complexity index is 1240. The third-order valence-corrected chi connectivity index (χ3v) is 7.62. The van der Waals surface area contributed by atoms with E-state index < -0.39 is 59.8 Å². The maximum Gasteiger partial charge on any atom is 0.416 e. The predicted molar refractivity (Wildman–Crippen MR) is 146 cm³/mol. The van der Waals surface area contributed by atoms with Gasteiger partial charge in [-0.2, -0.15) is 26.3 Å². The molecule has 3 atom stereocenters. The van der Waals surface area contributed by atoms with Crippen LogP contribution in [-0.4, -0.2) is 59.2 Å². The molecule has 0 saturated carbocycles. The van der Waals surface area contributed by atoms with Crippen molar-refractivity contribution in [2.24, 2.45) is 0 Å². The van der Waals surface area contributed by atoms with Crippen LogP contribution in [0.1, 0.15) is 74.6 Å². The molecule has 2 aromatic rings. The number of piperidine rings is 2. The van der Waals surface area contributed by atoms with Crippen LogP contribution in [0.2, 0.25) is 0 Å². The van der Waals surface area contributed by atoms with Crippen LogP contribution >= 0.6 is 0 Å². The average molecular weight is 615 g/mol.